The molecule has 0 atom stereocenters. The molecule has 0 aliphatic heterocycles. The van der Waals surface area contributed by atoms with E-state index in [1.165, 1.54) is 11.3 Å². The molecule has 4 nitrogen and oxygen atoms in total. The molecule has 0 saturated heterocycles. The molecule has 1 aromatic heterocycles. The lowest BCUT2D eigenvalue weighted by Crippen LogP contribution is -2.22. The highest BCUT2D eigenvalue weighted by Crippen LogP contribution is 2.31. The van der Waals surface area contributed by atoms with Gasteiger partial charge < -0.3 is 16.2 Å². The molecular weight excluding hydrogens is 236 g/mol. The van der Waals surface area contributed by atoms with Crippen LogP contribution in [-0.4, -0.2) is 24.2 Å². The molecule has 0 radical (unpaired) electrons. The zero-order valence-corrected chi connectivity index (χ0v) is 10.1. The summed E-state index contributed by atoms with van der Waals surface area (Å²) < 4.78 is 1.01. The fourth-order valence-electron chi connectivity index (χ4n) is 1.76. The molecule has 1 heterocycles. The maximum absolute atomic E-state index is 11.2. The average molecular weight is 250 g/mol. The fourth-order valence-corrected chi connectivity index (χ4v) is 2.82. The molecule has 0 fully saturated rings. The number of thiophene rings is 1. The van der Waals surface area contributed by atoms with E-state index in [0.717, 1.165) is 15.6 Å². The van der Waals surface area contributed by atoms with Crippen molar-refractivity contribution in [2.75, 3.05) is 13.1 Å². The minimum absolute atomic E-state index is 0.413. The number of hydrogen-bond donors (Lipinski definition) is 3. The van der Waals surface area contributed by atoms with Gasteiger partial charge in [-0.2, -0.15) is 0 Å². The van der Waals surface area contributed by atoms with Gasteiger partial charge >= 0.3 is 5.97 Å². The third-order valence-electron chi connectivity index (χ3n) is 2.52. The van der Waals surface area contributed by atoms with E-state index in [1.54, 1.807) is 0 Å². The highest BCUT2D eigenvalue weighted by molar-refractivity contribution is 7.21. The zero-order chi connectivity index (χ0) is 12.3. The van der Waals surface area contributed by atoms with Crippen molar-refractivity contribution in [3.8, 4) is 0 Å². The minimum Gasteiger partial charge on any atom is -0.477 e. The Labute approximate surface area is 103 Å². The van der Waals surface area contributed by atoms with Crippen LogP contribution in [0.1, 0.15) is 15.2 Å². The summed E-state index contributed by atoms with van der Waals surface area (Å²) in [6.45, 7) is 1.77. The second-order valence-corrected chi connectivity index (χ2v) is 4.73. The number of carboxylic acids is 1. The summed E-state index contributed by atoms with van der Waals surface area (Å²) in [6.07, 6.45) is 0. The first-order valence-electron chi connectivity index (χ1n) is 5.38. The van der Waals surface area contributed by atoms with Crippen LogP contribution in [0, 0.1) is 0 Å². The largest absolute Gasteiger partial charge is 0.477 e. The zero-order valence-electron chi connectivity index (χ0n) is 9.27. The van der Waals surface area contributed by atoms with E-state index in [1.807, 2.05) is 24.3 Å². The molecule has 2 rings (SSSR count). The van der Waals surface area contributed by atoms with Crippen LogP contribution in [0.5, 0.6) is 0 Å². The summed E-state index contributed by atoms with van der Waals surface area (Å²) in [5.74, 6) is -0.865. The summed E-state index contributed by atoms with van der Waals surface area (Å²) in [7, 11) is 0. The van der Waals surface area contributed by atoms with Crippen LogP contribution >= 0.6 is 11.3 Å². The van der Waals surface area contributed by atoms with Crippen molar-refractivity contribution in [3.63, 3.8) is 0 Å². The van der Waals surface area contributed by atoms with E-state index < -0.39 is 5.97 Å². The fraction of sp³-hybridized carbons (Fsp3) is 0.250. The van der Waals surface area contributed by atoms with Gasteiger partial charge in [0.15, 0.2) is 0 Å². The summed E-state index contributed by atoms with van der Waals surface area (Å²) in [5, 5.41) is 13.3. The second kappa shape index (κ2) is 5.27. The van der Waals surface area contributed by atoms with Gasteiger partial charge in [0.25, 0.3) is 0 Å². The first kappa shape index (κ1) is 12.0. The number of nitrogens with two attached hydrogens (primary N) is 1. The molecule has 90 valence electrons. The van der Waals surface area contributed by atoms with Gasteiger partial charge in [0, 0.05) is 24.3 Å². The Morgan fingerprint density at radius 2 is 2.18 bits per heavy atom. The number of carbonyl (C=O) groups is 1. The highest BCUT2D eigenvalue weighted by atomic mass is 32.1. The van der Waals surface area contributed by atoms with Crippen LogP contribution in [0.2, 0.25) is 0 Å². The van der Waals surface area contributed by atoms with Crippen molar-refractivity contribution in [1.82, 2.24) is 5.32 Å². The predicted octanol–water partition coefficient (Wildman–Crippen LogP) is 1.65. The standard InChI is InChI=1S/C12H14N2O2S/c13-5-6-14-7-9-8-3-1-2-4-10(8)17-11(9)12(15)16/h1-4,14H,5-7,13H2,(H,15,16). The molecule has 4 N–H and O–H groups in total. The van der Waals surface area contributed by atoms with Crippen molar-refractivity contribution < 1.29 is 9.90 Å². The number of rotatable bonds is 5. The van der Waals surface area contributed by atoms with Crippen molar-refractivity contribution in [1.29, 1.82) is 0 Å². The molecule has 0 aliphatic rings. The van der Waals surface area contributed by atoms with Crippen LogP contribution in [0.25, 0.3) is 10.1 Å². The lowest BCUT2D eigenvalue weighted by molar-refractivity contribution is 0.0701. The molecule has 0 spiro atoms. The number of hydrogen-bond acceptors (Lipinski definition) is 4. The average Bonchev–Trinajstić information content (AvgIpc) is 2.69. The maximum Gasteiger partial charge on any atom is 0.346 e. The van der Waals surface area contributed by atoms with E-state index in [4.69, 9.17) is 5.73 Å². The summed E-state index contributed by atoms with van der Waals surface area (Å²) in [6, 6.07) is 7.74. The van der Waals surface area contributed by atoms with Crippen LogP contribution < -0.4 is 11.1 Å². The lowest BCUT2D eigenvalue weighted by atomic mass is 10.1. The Hall–Kier alpha value is -1.43. The smallest absolute Gasteiger partial charge is 0.346 e. The predicted molar refractivity (Wildman–Crippen MR) is 69.5 cm³/mol. The number of fused-ring (bicyclic) bond motifs is 1. The molecular formula is C12H14N2O2S. The van der Waals surface area contributed by atoms with Crippen LogP contribution in [-0.2, 0) is 6.54 Å². The first-order valence-corrected chi connectivity index (χ1v) is 6.20. The van der Waals surface area contributed by atoms with Crippen LogP contribution in [0.3, 0.4) is 0 Å². The number of carboxylic acid groups (broad SMARTS) is 1. The van der Waals surface area contributed by atoms with Gasteiger partial charge in [0.05, 0.1) is 0 Å². The Morgan fingerprint density at radius 3 is 2.88 bits per heavy atom. The number of nitrogens with one attached hydrogen (secondary N) is 1. The third-order valence-corrected chi connectivity index (χ3v) is 3.72. The Morgan fingerprint density at radius 1 is 1.41 bits per heavy atom. The Kier molecular flexibility index (Phi) is 3.73. The summed E-state index contributed by atoms with van der Waals surface area (Å²) in [5.41, 5.74) is 6.26. The van der Waals surface area contributed by atoms with Gasteiger partial charge in [-0.1, -0.05) is 18.2 Å². The van der Waals surface area contributed by atoms with E-state index in [-0.39, 0.29) is 0 Å². The molecule has 0 saturated carbocycles. The molecule has 0 aliphatic carbocycles. The van der Waals surface area contributed by atoms with Gasteiger partial charge in [0.1, 0.15) is 4.88 Å². The van der Waals surface area contributed by atoms with Gasteiger partial charge in [-0.25, -0.2) is 4.79 Å². The van der Waals surface area contributed by atoms with E-state index in [2.05, 4.69) is 5.32 Å². The molecule has 1 aromatic carbocycles. The van der Waals surface area contributed by atoms with Crippen molar-refractivity contribution >= 4 is 27.4 Å². The SMILES string of the molecule is NCCNCc1c(C(=O)O)sc2ccccc12. The van der Waals surface area contributed by atoms with Gasteiger partial charge in [-0.15, -0.1) is 11.3 Å². The first-order chi connectivity index (χ1) is 8.24. The van der Waals surface area contributed by atoms with Gasteiger partial charge in [-0.3, -0.25) is 0 Å². The van der Waals surface area contributed by atoms with Crippen molar-refractivity contribution in [2.45, 2.75) is 6.54 Å². The molecule has 0 amide bonds. The summed E-state index contributed by atoms with van der Waals surface area (Å²) >= 11 is 1.32. The molecule has 0 bridgehead atoms. The van der Waals surface area contributed by atoms with Crippen LogP contribution in [0.15, 0.2) is 24.3 Å². The Balaban J connectivity index is 2.41. The molecule has 0 unspecified atom stereocenters. The van der Waals surface area contributed by atoms with Gasteiger partial charge in [0.2, 0.25) is 0 Å². The number of benzene rings is 1. The van der Waals surface area contributed by atoms with E-state index in [9.17, 15) is 9.90 Å². The maximum atomic E-state index is 11.2. The minimum atomic E-state index is -0.865. The normalized spacial score (nSPS) is 10.9. The number of aromatic carboxylic acids is 1. The van der Waals surface area contributed by atoms with Gasteiger partial charge in [-0.05, 0) is 17.0 Å². The molecule has 2 aromatic rings. The molecule has 17 heavy (non-hydrogen) atoms. The van der Waals surface area contributed by atoms with Crippen molar-refractivity contribution in [2.24, 2.45) is 5.73 Å². The highest BCUT2D eigenvalue weighted by Gasteiger charge is 2.16. The Bertz CT molecular complexity index is 536. The topological polar surface area (TPSA) is 75.3 Å². The monoisotopic (exact) mass is 250 g/mol. The van der Waals surface area contributed by atoms with Crippen LogP contribution in [0.4, 0.5) is 0 Å². The summed E-state index contributed by atoms with van der Waals surface area (Å²) in [4.78, 5) is 11.6. The van der Waals surface area contributed by atoms with Crippen molar-refractivity contribution in [3.05, 3.63) is 34.7 Å². The lowest BCUT2D eigenvalue weighted by Gasteiger charge is -2.03. The second-order valence-electron chi connectivity index (χ2n) is 3.68. The third kappa shape index (κ3) is 2.46. The molecule has 5 heteroatoms. The van der Waals surface area contributed by atoms with E-state index in [0.29, 0.717) is 24.5 Å². The van der Waals surface area contributed by atoms with E-state index >= 15 is 0 Å². The quantitative estimate of drug-likeness (QED) is 0.705.